The van der Waals surface area contributed by atoms with Crippen LogP contribution in [0, 0.1) is 0 Å². The van der Waals surface area contributed by atoms with Crippen LogP contribution in [0.25, 0.3) is 0 Å². The molecule has 4 rings (SSSR count). The molecule has 29 heavy (non-hydrogen) atoms. The first-order valence-corrected chi connectivity index (χ1v) is 10.1. The van der Waals surface area contributed by atoms with Crippen molar-refractivity contribution in [3.63, 3.8) is 0 Å². The summed E-state index contributed by atoms with van der Waals surface area (Å²) >= 11 is 0. The Morgan fingerprint density at radius 3 is 2.34 bits per heavy atom. The topological polar surface area (TPSA) is 70.2 Å². The summed E-state index contributed by atoms with van der Waals surface area (Å²) in [6.07, 6.45) is 5.06. The Hall–Kier alpha value is -3.41. The first-order valence-electron chi connectivity index (χ1n) is 10.1. The van der Waals surface area contributed by atoms with Crippen molar-refractivity contribution in [3.8, 4) is 0 Å². The number of carbonyl (C=O) groups is 1. The van der Waals surface area contributed by atoms with Crippen molar-refractivity contribution in [2.24, 2.45) is 0 Å². The largest absolute Gasteiger partial charge is 0.372 e. The van der Waals surface area contributed by atoms with Gasteiger partial charge >= 0.3 is 0 Å². The van der Waals surface area contributed by atoms with E-state index in [-0.39, 0.29) is 5.91 Å². The summed E-state index contributed by atoms with van der Waals surface area (Å²) in [5, 5.41) is 6.05. The van der Waals surface area contributed by atoms with Gasteiger partial charge in [0.05, 0.1) is 0 Å². The summed E-state index contributed by atoms with van der Waals surface area (Å²) in [4.78, 5) is 23.5. The number of amides is 1. The van der Waals surface area contributed by atoms with Crippen LogP contribution in [0.15, 0.2) is 60.8 Å². The second-order valence-electron chi connectivity index (χ2n) is 7.14. The summed E-state index contributed by atoms with van der Waals surface area (Å²) in [5.41, 5.74) is 4.42. The molecule has 3 aromatic rings. The van der Waals surface area contributed by atoms with Crippen LogP contribution >= 0.6 is 0 Å². The van der Waals surface area contributed by atoms with Crippen molar-refractivity contribution in [2.45, 2.75) is 26.2 Å². The van der Waals surface area contributed by atoms with Crippen LogP contribution < -0.4 is 15.5 Å². The van der Waals surface area contributed by atoms with Gasteiger partial charge in [-0.25, -0.2) is 9.97 Å². The molecule has 1 aromatic heterocycles. The lowest BCUT2D eigenvalue weighted by atomic mass is 10.1. The molecule has 0 atom stereocenters. The molecule has 1 aliphatic heterocycles. The fourth-order valence-electron chi connectivity index (χ4n) is 3.42. The van der Waals surface area contributed by atoms with E-state index in [1.54, 1.807) is 12.3 Å². The highest BCUT2D eigenvalue weighted by atomic mass is 16.1. The Morgan fingerprint density at radius 2 is 1.66 bits per heavy atom. The molecule has 1 aliphatic rings. The molecule has 2 aromatic carbocycles. The molecule has 1 amide bonds. The molecule has 148 valence electrons. The number of rotatable bonds is 6. The smallest absolute Gasteiger partial charge is 0.274 e. The van der Waals surface area contributed by atoms with E-state index in [4.69, 9.17) is 0 Å². The fraction of sp³-hybridized carbons (Fsp3) is 0.261. The molecule has 0 bridgehead atoms. The Labute approximate surface area is 171 Å². The van der Waals surface area contributed by atoms with E-state index in [1.807, 2.05) is 36.4 Å². The number of aromatic nitrogens is 2. The van der Waals surface area contributed by atoms with Gasteiger partial charge in [0, 0.05) is 36.3 Å². The molecule has 6 heteroatoms. The van der Waals surface area contributed by atoms with E-state index in [1.165, 1.54) is 24.1 Å². The predicted octanol–water partition coefficient (Wildman–Crippen LogP) is 4.64. The van der Waals surface area contributed by atoms with E-state index in [9.17, 15) is 4.79 Å². The summed E-state index contributed by atoms with van der Waals surface area (Å²) < 4.78 is 0. The zero-order valence-electron chi connectivity index (χ0n) is 16.6. The van der Waals surface area contributed by atoms with Gasteiger partial charge in [0.1, 0.15) is 5.69 Å². The van der Waals surface area contributed by atoms with Gasteiger partial charge in [-0.05, 0) is 67.3 Å². The van der Waals surface area contributed by atoms with Crippen LogP contribution in [0.2, 0.25) is 0 Å². The number of nitrogens with one attached hydrogen (secondary N) is 2. The maximum atomic E-state index is 12.6. The third-order valence-electron chi connectivity index (χ3n) is 5.10. The van der Waals surface area contributed by atoms with Crippen molar-refractivity contribution in [1.82, 2.24) is 9.97 Å². The van der Waals surface area contributed by atoms with Crippen molar-refractivity contribution in [1.29, 1.82) is 0 Å². The number of hydrogen-bond acceptors (Lipinski definition) is 5. The van der Waals surface area contributed by atoms with Crippen LogP contribution in [0.4, 0.5) is 23.0 Å². The Kier molecular flexibility index (Phi) is 5.70. The second-order valence-corrected chi connectivity index (χ2v) is 7.14. The molecule has 1 saturated heterocycles. The van der Waals surface area contributed by atoms with Gasteiger partial charge in [0.2, 0.25) is 5.95 Å². The van der Waals surface area contributed by atoms with E-state index in [2.05, 4.69) is 44.6 Å². The van der Waals surface area contributed by atoms with Crippen molar-refractivity contribution in [2.75, 3.05) is 28.6 Å². The highest BCUT2D eigenvalue weighted by molar-refractivity contribution is 6.03. The van der Waals surface area contributed by atoms with Crippen molar-refractivity contribution < 1.29 is 4.79 Å². The van der Waals surface area contributed by atoms with Gasteiger partial charge < -0.3 is 15.5 Å². The van der Waals surface area contributed by atoms with E-state index in [0.717, 1.165) is 30.9 Å². The van der Waals surface area contributed by atoms with Crippen LogP contribution in [0.3, 0.4) is 0 Å². The Balaban J connectivity index is 1.41. The van der Waals surface area contributed by atoms with E-state index >= 15 is 0 Å². The number of benzene rings is 2. The molecule has 0 spiro atoms. The van der Waals surface area contributed by atoms with Crippen molar-refractivity contribution in [3.05, 3.63) is 72.1 Å². The molecule has 0 saturated carbocycles. The van der Waals surface area contributed by atoms with Gasteiger partial charge in [0.25, 0.3) is 5.91 Å². The number of nitrogens with zero attached hydrogens (tertiary/aromatic N) is 3. The molecule has 2 N–H and O–H groups in total. The fourth-order valence-corrected chi connectivity index (χ4v) is 3.42. The molecule has 2 heterocycles. The number of aryl methyl sites for hydroxylation is 1. The van der Waals surface area contributed by atoms with E-state index in [0.29, 0.717) is 11.6 Å². The predicted molar refractivity (Wildman–Crippen MR) is 117 cm³/mol. The Morgan fingerprint density at radius 1 is 0.966 bits per heavy atom. The average molecular weight is 387 g/mol. The van der Waals surface area contributed by atoms with Gasteiger partial charge in [-0.3, -0.25) is 4.79 Å². The van der Waals surface area contributed by atoms with Crippen LogP contribution in [0.5, 0.6) is 0 Å². The van der Waals surface area contributed by atoms with Crippen LogP contribution in [-0.2, 0) is 6.42 Å². The summed E-state index contributed by atoms with van der Waals surface area (Å²) in [7, 11) is 0. The normalized spacial score (nSPS) is 13.3. The maximum absolute atomic E-state index is 12.6. The summed E-state index contributed by atoms with van der Waals surface area (Å²) in [6, 6.07) is 17.7. The standard InChI is InChI=1S/C23H25N5O/c1-2-17-5-7-19(8-6-17)26-23-24-14-13-21(27-23)22(29)25-18-9-11-20(12-10-18)28-15-3-4-16-28/h5-14H,2-4,15-16H2,1H3,(H,25,29)(H,24,26,27). The van der Waals surface area contributed by atoms with Crippen LogP contribution in [-0.4, -0.2) is 29.0 Å². The Bertz CT molecular complexity index is 963. The monoisotopic (exact) mass is 387 g/mol. The minimum absolute atomic E-state index is 0.259. The first-order chi connectivity index (χ1) is 14.2. The summed E-state index contributed by atoms with van der Waals surface area (Å²) in [5.74, 6) is 0.136. The van der Waals surface area contributed by atoms with E-state index < -0.39 is 0 Å². The lowest BCUT2D eigenvalue weighted by Crippen LogP contribution is -2.18. The quantitative estimate of drug-likeness (QED) is 0.645. The molecule has 0 aliphatic carbocycles. The zero-order chi connectivity index (χ0) is 20.1. The molecule has 6 nitrogen and oxygen atoms in total. The first kappa shape index (κ1) is 18.9. The van der Waals surface area contributed by atoms with Gasteiger partial charge in [-0.2, -0.15) is 0 Å². The summed E-state index contributed by atoms with van der Waals surface area (Å²) in [6.45, 7) is 4.32. The maximum Gasteiger partial charge on any atom is 0.274 e. The third kappa shape index (κ3) is 4.71. The average Bonchev–Trinajstić information content (AvgIpc) is 3.30. The zero-order valence-corrected chi connectivity index (χ0v) is 16.6. The van der Waals surface area contributed by atoms with Crippen LogP contribution in [0.1, 0.15) is 35.8 Å². The third-order valence-corrected chi connectivity index (χ3v) is 5.10. The van der Waals surface area contributed by atoms with Gasteiger partial charge in [-0.1, -0.05) is 19.1 Å². The molecule has 1 fully saturated rings. The minimum Gasteiger partial charge on any atom is -0.372 e. The molecular weight excluding hydrogens is 362 g/mol. The SMILES string of the molecule is CCc1ccc(Nc2nccc(C(=O)Nc3ccc(N4CCCC4)cc3)n2)cc1. The molecule has 0 unspecified atom stereocenters. The van der Waals surface area contributed by atoms with Gasteiger partial charge in [-0.15, -0.1) is 0 Å². The highest BCUT2D eigenvalue weighted by Gasteiger charge is 2.13. The number of carbonyl (C=O) groups excluding carboxylic acids is 1. The minimum atomic E-state index is -0.259. The number of hydrogen-bond donors (Lipinski definition) is 2. The van der Waals surface area contributed by atoms with Crippen molar-refractivity contribution >= 4 is 28.9 Å². The number of anilines is 4. The lowest BCUT2D eigenvalue weighted by molar-refractivity contribution is 0.102. The highest BCUT2D eigenvalue weighted by Crippen LogP contribution is 2.22. The molecular formula is C23H25N5O. The molecule has 0 radical (unpaired) electrons. The lowest BCUT2D eigenvalue weighted by Gasteiger charge is -2.17. The van der Waals surface area contributed by atoms with Gasteiger partial charge in [0.15, 0.2) is 0 Å². The second kappa shape index (κ2) is 8.73.